The Kier molecular flexibility index (Phi) is 6.06. The molecule has 1 aliphatic carbocycles. The summed E-state index contributed by atoms with van der Waals surface area (Å²) in [5.74, 6) is -0.0744. The van der Waals surface area contributed by atoms with Gasteiger partial charge in [-0.3, -0.25) is 14.3 Å². The largest absolute Gasteiger partial charge is 0.360 e. The minimum absolute atomic E-state index is 0.0170. The van der Waals surface area contributed by atoms with Gasteiger partial charge in [0, 0.05) is 23.1 Å². The van der Waals surface area contributed by atoms with E-state index in [1.54, 1.807) is 25.1 Å². The predicted molar refractivity (Wildman–Crippen MR) is 125 cm³/mol. The lowest BCUT2D eigenvalue weighted by molar-refractivity contribution is 0.0909. The summed E-state index contributed by atoms with van der Waals surface area (Å²) in [6.45, 7) is 3.91. The third kappa shape index (κ3) is 4.41. The first-order valence-corrected chi connectivity index (χ1v) is 12.3. The number of carbonyl (C=O) groups is 1. The summed E-state index contributed by atoms with van der Waals surface area (Å²) in [6, 6.07) is 11.4. The molecule has 0 saturated heterocycles. The van der Waals surface area contributed by atoms with Gasteiger partial charge in [-0.25, -0.2) is 8.42 Å². The molecule has 1 aliphatic rings. The van der Waals surface area contributed by atoms with E-state index in [1.165, 1.54) is 24.4 Å². The number of aryl methyl sites for hydroxylation is 1. The number of pyridine rings is 1. The number of anilines is 1. The SMILES string of the molecule is Cc1ccccc1NS(=O)(=O)c1ccc2[nH]cc(C(=O)N[C@@H]3CCCC[C@H]3C)c(=O)c2c1. The summed E-state index contributed by atoms with van der Waals surface area (Å²) >= 11 is 0. The normalized spacial score (nSPS) is 18.9. The van der Waals surface area contributed by atoms with Crippen LogP contribution in [0.25, 0.3) is 10.9 Å². The number of para-hydroxylation sites is 1. The lowest BCUT2D eigenvalue weighted by Crippen LogP contribution is -2.42. The van der Waals surface area contributed by atoms with Crippen molar-refractivity contribution in [1.29, 1.82) is 0 Å². The Morgan fingerprint density at radius 2 is 1.84 bits per heavy atom. The smallest absolute Gasteiger partial charge is 0.261 e. The van der Waals surface area contributed by atoms with Crippen LogP contribution >= 0.6 is 0 Å². The molecule has 1 aromatic heterocycles. The van der Waals surface area contributed by atoms with Gasteiger partial charge < -0.3 is 10.3 Å². The average Bonchev–Trinajstić information content (AvgIpc) is 2.77. The van der Waals surface area contributed by atoms with Gasteiger partial charge in [-0.05, 0) is 55.5 Å². The fraction of sp³-hybridized carbons (Fsp3) is 0.333. The molecule has 0 radical (unpaired) electrons. The van der Waals surface area contributed by atoms with Gasteiger partial charge in [0.05, 0.1) is 10.6 Å². The van der Waals surface area contributed by atoms with Gasteiger partial charge >= 0.3 is 0 Å². The Hall–Kier alpha value is -3.13. The number of hydrogen-bond donors (Lipinski definition) is 3. The Bertz CT molecular complexity index is 1330. The number of aromatic nitrogens is 1. The quantitative estimate of drug-likeness (QED) is 0.544. The van der Waals surface area contributed by atoms with Crippen LogP contribution in [0.15, 0.2) is 58.4 Å². The van der Waals surface area contributed by atoms with E-state index in [0.29, 0.717) is 17.1 Å². The van der Waals surface area contributed by atoms with E-state index in [9.17, 15) is 18.0 Å². The fourth-order valence-electron chi connectivity index (χ4n) is 4.20. The first kappa shape index (κ1) is 22.1. The molecule has 2 aromatic carbocycles. The Morgan fingerprint density at radius 3 is 2.59 bits per heavy atom. The molecule has 3 N–H and O–H groups in total. The van der Waals surface area contributed by atoms with Gasteiger partial charge in [-0.15, -0.1) is 0 Å². The van der Waals surface area contributed by atoms with Crippen molar-refractivity contribution >= 4 is 32.5 Å². The minimum atomic E-state index is -3.91. The molecule has 7 nitrogen and oxygen atoms in total. The van der Waals surface area contributed by atoms with Crippen molar-refractivity contribution in [1.82, 2.24) is 10.3 Å². The third-order valence-electron chi connectivity index (χ3n) is 6.22. The van der Waals surface area contributed by atoms with Gasteiger partial charge in [0.15, 0.2) is 0 Å². The zero-order valence-corrected chi connectivity index (χ0v) is 19.0. The number of benzene rings is 2. The van der Waals surface area contributed by atoms with Crippen molar-refractivity contribution in [2.75, 3.05) is 4.72 Å². The van der Waals surface area contributed by atoms with Gasteiger partial charge in [-0.1, -0.05) is 38.0 Å². The topological polar surface area (TPSA) is 108 Å². The number of nitrogens with one attached hydrogen (secondary N) is 3. The van der Waals surface area contributed by atoms with Crippen molar-refractivity contribution in [3.05, 3.63) is 70.0 Å². The first-order chi connectivity index (χ1) is 15.3. The second-order valence-corrected chi connectivity index (χ2v) is 10.2. The number of rotatable bonds is 5. The summed E-state index contributed by atoms with van der Waals surface area (Å²) in [5.41, 5.74) is 1.21. The number of H-pyrrole nitrogens is 1. The standard InChI is InChI=1S/C24H27N3O4S/c1-15-7-3-5-9-20(15)26-24(29)19-14-25-22-12-11-17(13-18(22)23(19)28)32(30,31)27-21-10-6-4-8-16(21)2/h4,6,8,10-15,20,27H,3,5,7,9H2,1-2H3,(H,25,28)(H,26,29)/t15-,20-/m1/s1. The number of aromatic amines is 1. The predicted octanol–water partition coefficient (Wildman–Crippen LogP) is 3.95. The molecule has 1 saturated carbocycles. The number of amides is 1. The van der Waals surface area contributed by atoms with Gasteiger partial charge in [0.2, 0.25) is 5.43 Å². The van der Waals surface area contributed by atoms with E-state index < -0.39 is 21.4 Å². The zero-order chi connectivity index (χ0) is 22.9. The minimum Gasteiger partial charge on any atom is -0.360 e. The summed E-state index contributed by atoms with van der Waals surface area (Å²) in [6.07, 6.45) is 5.54. The van der Waals surface area contributed by atoms with Crippen LogP contribution in [0.2, 0.25) is 0 Å². The molecule has 1 heterocycles. The molecule has 4 rings (SSSR count). The van der Waals surface area contributed by atoms with E-state index in [0.717, 1.165) is 31.2 Å². The maximum atomic E-state index is 13.1. The molecule has 3 aromatic rings. The molecule has 0 aliphatic heterocycles. The molecular formula is C24H27N3O4S. The van der Waals surface area contributed by atoms with Crippen molar-refractivity contribution in [3.63, 3.8) is 0 Å². The number of sulfonamides is 1. The molecule has 0 spiro atoms. The highest BCUT2D eigenvalue weighted by atomic mass is 32.2. The van der Waals surface area contributed by atoms with Crippen molar-refractivity contribution < 1.29 is 13.2 Å². The zero-order valence-electron chi connectivity index (χ0n) is 18.1. The van der Waals surface area contributed by atoms with Crippen LogP contribution in [0.4, 0.5) is 5.69 Å². The highest BCUT2D eigenvalue weighted by molar-refractivity contribution is 7.92. The molecular weight excluding hydrogens is 426 g/mol. The Balaban J connectivity index is 1.66. The van der Waals surface area contributed by atoms with Gasteiger partial charge in [0.25, 0.3) is 15.9 Å². The molecule has 2 atom stereocenters. The second-order valence-electron chi connectivity index (χ2n) is 8.50. The van der Waals surface area contributed by atoms with E-state index >= 15 is 0 Å². The highest BCUT2D eigenvalue weighted by Crippen LogP contribution is 2.24. The van der Waals surface area contributed by atoms with Crippen LogP contribution in [0.1, 0.15) is 48.5 Å². The first-order valence-electron chi connectivity index (χ1n) is 10.8. The molecule has 1 amide bonds. The Morgan fingerprint density at radius 1 is 1.09 bits per heavy atom. The van der Waals surface area contributed by atoms with Crippen LogP contribution in [0, 0.1) is 12.8 Å². The maximum absolute atomic E-state index is 13.1. The van der Waals surface area contributed by atoms with Crippen LogP contribution < -0.4 is 15.5 Å². The van der Waals surface area contributed by atoms with Crippen LogP contribution in [0.3, 0.4) is 0 Å². The lowest BCUT2D eigenvalue weighted by atomic mass is 9.86. The number of carbonyl (C=O) groups excluding carboxylic acids is 1. The van der Waals surface area contributed by atoms with Gasteiger partial charge in [-0.2, -0.15) is 0 Å². The molecule has 8 heteroatoms. The average molecular weight is 454 g/mol. The highest BCUT2D eigenvalue weighted by Gasteiger charge is 2.25. The summed E-state index contributed by atoms with van der Waals surface area (Å²) in [5, 5.41) is 3.14. The monoisotopic (exact) mass is 453 g/mol. The molecule has 0 bridgehead atoms. The fourth-order valence-corrected chi connectivity index (χ4v) is 5.36. The van der Waals surface area contributed by atoms with E-state index in [1.807, 2.05) is 6.07 Å². The van der Waals surface area contributed by atoms with E-state index in [4.69, 9.17) is 0 Å². The van der Waals surface area contributed by atoms with Crippen molar-refractivity contribution in [2.24, 2.45) is 5.92 Å². The van der Waals surface area contributed by atoms with Crippen molar-refractivity contribution in [2.45, 2.75) is 50.5 Å². The second kappa shape index (κ2) is 8.78. The molecule has 168 valence electrons. The maximum Gasteiger partial charge on any atom is 0.261 e. The summed E-state index contributed by atoms with van der Waals surface area (Å²) < 4.78 is 28.4. The van der Waals surface area contributed by atoms with Crippen LogP contribution in [-0.4, -0.2) is 25.4 Å². The van der Waals surface area contributed by atoms with Gasteiger partial charge in [0.1, 0.15) is 5.56 Å². The van der Waals surface area contributed by atoms with Crippen LogP contribution in [0.5, 0.6) is 0 Å². The van der Waals surface area contributed by atoms with E-state index in [-0.39, 0.29) is 21.9 Å². The number of fused-ring (bicyclic) bond motifs is 1. The van der Waals surface area contributed by atoms with Crippen LogP contribution in [-0.2, 0) is 10.0 Å². The Labute approximate surface area is 187 Å². The molecule has 32 heavy (non-hydrogen) atoms. The summed E-state index contributed by atoms with van der Waals surface area (Å²) in [7, 11) is -3.91. The molecule has 0 unspecified atom stereocenters. The third-order valence-corrected chi connectivity index (χ3v) is 7.59. The van der Waals surface area contributed by atoms with Crippen molar-refractivity contribution in [3.8, 4) is 0 Å². The van der Waals surface area contributed by atoms with E-state index in [2.05, 4.69) is 21.9 Å². The number of hydrogen-bond acceptors (Lipinski definition) is 4. The summed E-state index contributed by atoms with van der Waals surface area (Å²) in [4.78, 5) is 28.8. The molecule has 1 fully saturated rings. The lowest BCUT2D eigenvalue weighted by Gasteiger charge is -2.29.